The lowest BCUT2D eigenvalue weighted by Gasteiger charge is -2.16. The van der Waals surface area contributed by atoms with Crippen LogP contribution in [-0.2, 0) is 6.42 Å². The summed E-state index contributed by atoms with van der Waals surface area (Å²) in [5.74, 6) is 3.83. The van der Waals surface area contributed by atoms with Crippen molar-refractivity contribution in [2.75, 3.05) is 17.3 Å². The molecule has 0 N–H and O–H groups in total. The molecule has 1 rings (SSSR count). The van der Waals surface area contributed by atoms with Crippen molar-refractivity contribution in [3.8, 4) is 0 Å². The van der Waals surface area contributed by atoms with Gasteiger partial charge in [-0.15, -0.1) is 35.3 Å². The molecule has 0 aliphatic carbocycles. The lowest BCUT2D eigenvalue weighted by atomic mass is 10.0. The Bertz CT molecular complexity index is 1040. The summed E-state index contributed by atoms with van der Waals surface area (Å²) in [5, 5.41) is 0. The van der Waals surface area contributed by atoms with Crippen LogP contribution in [0.3, 0.4) is 0 Å². The molecule has 0 fully saturated rings. The molecule has 0 nitrogen and oxygen atoms in total. The van der Waals surface area contributed by atoms with E-state index in [0.717, 1.165) is 6.42 Å². The summed E-state index contributed by atoms with van der Waals surface area (Å²) in [6, 6.07) is 5.06. The van der Waals surface area contributed by atoms with E-state index in [2.05, 4.69) is 75.1 Å². The summed E-state index contributed by atoms with van der Waals surface area (Å²) in [5.41, 5.74) is 1.45. The first-order chi connectivity index (χ1) is 33.8. The molecule has 0 saturated heterocycles. The first kappa shape index (κ1) is 66.3. The molecule has 1 aromatic carbocycles. The van der Waals surface area contributed by atoms with Gasteiger partial charge < -0.3 is 0 Å². The molecule has 3 heteroatoms. The number of hydrogen-bond donors (Lipinski definition) is 0. The fraction of sp³-hybridized carbons (Fsp3) is 0.892. The minimum absolute atomic E-state index is 0.906. The van der Waals surface area contributed by atoms with Gasteiger partial charge >= 0.3 is 0 Å². The van der Waals surface area contributed by atoms with Crippen molar-refractivity contribution in [1.82, 2.24) is 0 Å². The Morgan fingerprint density at radius 2 is 0.426 bits per heavy atom. The minimum Gasteiger partial charge on any atom is -0.125 e. The molecular formula is C65H123S3. The first-order valence-electron chi connectivity index (χ1n) is 31.6. The van der Waals surface area contributed by atoms with Crippen molar-refractivity contribution in [2.45, 2.75) is 369 Å². The topological polar surface area (TPSA) is 0 Å². The maximum atomic E-state index is 4.36. The zero-order chi connectivity index (χ0) is 48.7. The summed E-state index contributed by atoms with van der Waals surface area (Å²) < 4.78 is 0. The molecule has 0 amide bonds. The monoisotopic (exact) mass is 1000 g/mol. The summed E-state index contributed by atoms with van der Waals surface area (Å²) in [4.78, 5) is 4.77. The molecule has 1 aromatic rings. The van der Waals surface area contributed by atoms with E-state index in [0.29, 0.717) is 0 Å². The molecule has 401 valence electrons. The van der Waals surface area contributed by atoms with E-state index in [1.165, 1.54) is 350 Å². The van der Waals surface area contributed by atoms with E-state index < -0.39 is 0 Å². The highest BCUT2D eigenvalue weighted by Gasteiger charge is 2.13. The van der Waals surface area contributed by atoms with Crippen LogP contribution >= 0.6 is 35.3 Å². The number of hydrogen-bond acceptors (Lipinski definition) is 3. The van der Waals surface area contributed by atoms with Crippen LogP contribution in [0.15, 0.2) is 26.8 Å². The number of benzene rings is 1. The van der Waals surface area contributed by atoms with Crippen molar-refractivity contribution < 1.29 is 0 Å². The van der Waals surface area contributed by atoms with Gasteiger partial charge in [-0.2, -0.15) is 0 Å². The third-order valence-electron chi connectivity index (χ3n) is 14.9. The average molecular weight is 1000 g/mol. The molecule has 0 atom stereocenters. The van der Waals surface area contributed by atoms with E-state index in [1.807, 2.05) is 0 Å². The second kappa shape index (κ2) is 56.6. The minimum atomic E-state index is 0.906. The van der Waals surface area contributed by atoms with E-state index in [-0.39, 0.29) is 0 Å². The van der Waals surface area contributed by atoms with Gasteiger partial charge in [0.2, 0.25) is 0 Å². The van der Waals surface area contributed by atoms with Gasteiger partial charge in [0.1, 0.15) is 0 Å². The molecular weight excluding hydrogens is 877 g/mol. The SMILES string of the molecule is [CH2]Cc1cc(SCCCCCCCCCCCCCCCCCCC)c(SCCCCCCCCCCCCCCCCCCC)c(SCCCCCCCCCCCCCCCCCCC)c1. The Balaban J connectivity index is 2.39. The number of unbranched alkanes of at least 4 members (excludes halogenated alkanes) is 48. The van der Waals surface area contributed by atoms with Crippen molar-refractivity contribution in [1.29, 1.82) is 0 Å². The zero-order valence-corrected chi connectivity index (χ0v) is 49.4. The molecule has 0 bridgehead atoms. The van der Waals surface area contributed by atoms with Gasteiger partial charge in [0.15, 0.2) is 0 Å². The van der Waals surface area contributed by atoms with Gasteiger partial charge in [-0.1, -0.05) is 329 Å². The van der Waals surface area contributed by atoms with Gasteiger partial charge in [-0.05, 0) is 67.6 Å². The van der Waals surface area contributed by atoms with Crippen molar-refractivity contribution in [2.24, 2.45) is 0 Å². The van der Waals surface area contributed by atoms with Crippen LogP contribution in [0.2, 0.25) is 0 Å². The molecule has 0 spiro atoms. The Morgan fingerprint density at radius 3 is 0.618 bits per heavy atom. The fourth-order valence-corrected chi connectivity index (χ4v) is 14.0. The highest BCUT2D eigenvalue weighted by Crippen LogP contribution is 2.41. The van der Waals surface area contributed by atoms with E-state index >= 15 is 0 Å². The highest BCUT2D eigenvalue weighted by atomic mass is 32.2. The van der Waals surface area contributed by atoms with Gasteiger partial charge in [-0.3, -0.25) is 0 Å². The van der Waals surface area contributed by atoms with Crippen LogP contribution in [0.4, 0.5) is 0 Å². The Labute approximate surface area is 443 Å². The normalized spacial score (nSPS) is 11.7. The molecule has 1 radical (unpaired) electrons. The van der Waals surface area contributed by atoms with Crippen LogP contribution in [0.25, 0.3) is 0 Å². The molecule has 0 aromatic heterocycles. The maximum absolute atomic E-state index is 4.36. The van der Waals surface area contributed by atoms with E-state index in [9.17, 15) is 0 Å². The van der Waals surface area contributed by atoms with Crippen molar-refractivity contribution in [3.63, 3.8) is 0 Å². The molecule has 0 aliphatic rings. The zero-order valence-electron chi connectivity index (χ0n) is 47.0. The van der Waals surface area contributed by atoms with E-state index in [1.54, 1.807) is 14.7 Å². The third-order valence-corrected chi connectivity index (χ3v) is 18.6. The summed E-state index contributed by atoms with van der Waals surface area (Å²) in [6.45, 7) is 11.3. The molecule has 0 heterocycles. The number of rotatable bonds is 58. The number of thioether (sulfide) groups is 3. The summed E-state index contributed by atoms with van der Waals surface area (Å²) in [7, 11) is 0. The van der Waals surface area contributed by atoms with Crippen LogP contribution in [0.1, 0.15) is 354 Å². The molecule has 0 unspecified atom stereocenters. The quantitative estimate of drug-likeness (QED) is 0.0471. The second-order valence-corrected chi connectivity index (χ2v) is 25.1. The Kier molecular flexibility index (Phi) is 55.1. The summed E-state index contributed by atoms with van der Waals surface area (Å²) >= 11 is 6.54. The fourth-order valence-electron chi connectivity index (χ4n) is 10.2. The molecule has 68 heavy (non-hydrogen) atoms. The predicted molar refractivity (Wildman–Crippen MR) is 320 cm³/mol. The summed E-state index contributed by atoms with van der Waals surface area (Å²) in [6.07, 6.45) is 74.7. The van der Waals surface area contributed by atoms with Crippen LogP contribution < -0.4 is 0 Å². The maximum Gasteiger partial charge on any atom is 0.0344 e. The predicted octanol–water partition coefficient (Wildman–Crippen LogP) is 25.3. The third kappa shape index (κ3) is 46.1. The second-order valence-electron chi connectivity index (χ2n) is 21.7. The van der Waals surface area contributed by atoms with Crippen LogP contribution in [-0.4, -0.2) is 17.3 Å². The highest BCUT2D eigenvalue weighted by molar-refractivity contribution is 8.03. The standard InChI is InChI=1S/C65H123S3/c1-5-9-12-15-18-21-24-27-30-33-36-39-42-45-48-51-54-57-66-63-60-62(8-4)61-64(67-58-55-52-49-46-43-40-37-34-31-28-25-22-19-16-13-10-6-2)65(63)68-59-56-53-50-47-44-41-38-35-32-29-26-23-20-17-14-11-7-3/h60-61H,4-59H2,1-3H3. The van der Waals surface area contributed by atoms with Gasteiger partial charge in [0, 0.05) is 14.7 Å². The van der Waals surface area contributed by atoms with Crippen LogP contribution in [0.5, 0.6) is 0 Å². The first-order valence-corrected chi connectivity index (χ1v) is 34.6. The lowest BCUT2D eigenvalue weighted by molar-refractivity contribution is 0.529. The van der Waals surface area contributed by atoms with Crippen molar-refractivity contribution >= 4 is 35.3 Å². The van der Waals surface area contributed by atoms with Gasteiger partial charge in [-0.25, -0.2) is 0 Å². The Hall–Kier alpha value is 0.270. The van der Waals surface area contributed by atoms with E-state index in [4.69, 9.17) is 0 Å². The smallest absolute Gasteiger partial charge is 0.0344 e. The molecule has 0 aliphatic heterocycles. The molecule has 0 saturated carbocycles. The van der Waals surface area contributed by atoms with Gasteiger partial charge in [0.25, 0.3) is 0 Å². The largest absolute Gasteiger partial charge is 0.125 e. The van der Waals surface area contributed by atoms with Gasteiger partial charge in [0.05, 0.1) is 0 Å². The average Bonchev–Trinajstić information content (AvgIpc) is 3.35. The van der Waals surface area contributed by atoms with Crippen molar-refractivity contribution in [3.05, 3.63) is 24.6 Å². The Morgan fingerprint density at radius 1 is 0.250 bits per heavy atom. The van der Waals surface area contributed by atoms with Crippen LogP contribution in [0, 0.1) is 6.92 Å². The lowest BCUT2D eigenvalue weighted by Crippen LogP contribution is -1.94.